The van der Waals surface area contributed by atoms with Crippen LogP contribution in [0.15, 0.2) is 47.6 Å². The molecule has 2 rings (SSSR count). The molecule has 2 aliphatic rings. The Morgan fingerprint density at radius 1 is 0.958 bits per heavy atom. The summed E-state index contributed by atoms with van der Waals surface area (Å²) >= 11 is 0. The molecular formula is C20H34O3P+. The van der Waals surface area contributed by atoms with Gasteiger partial charge >= 0.3 is 8.25 Å². The van der Waals surface area contributed by atoms with Gasteiger partial charge in [-0.05, 0) is 78.1 Å². The summed E-state index contributed by atoms with van der Waals surface area (Å²) in [6.45, 7) is 16.7. The molecule has 0 heterocycles. The normalized spacial score (nSPS) is 22.6. The largest absolute Gasteiger partial charge is 0.692 e. The van der Waals surface area contributed by atoms with Gasteiger partial charge in [-0.3, -0.25) is 0 Å². The Bertz CT molecular complexity index is 459. The number of allylic oxidation sites excluding steroid dienone is 6. The molecule has 2 unspecified atom stereocenters. The van der Waals surface area contributed by atoms with Crippen LogP contribution in [0.5, 0.6) is 0 Å². The highest BCUT2D eigenvalue weighted by Gasteiger charge is 2.12. The van der Waals surface area contributed by atoms with Crippen LogP contribution in [0.4, 0.5) is 0 Å². The average molecular weight is 353 g/mol. The first-order valence-electron chi connectivity index (χ1n) is 8.60. The quantitative estimate of drug-likeness (QED) is 0.456. The molecule has 2 N–H and O–H groups in total. The molecule has 0 saturated carbocycles. The molecule has 2 atom stereocenters. The molecule has 24 heavy (non-hydrogen) atoms. The highest BCUT2D eigenvalue weighted by molar-refractivity contribution is 7.30. The SMILES string of the molecule is C=C(C)C1CC=C(C)CC1.C=C(C)C1CC=C(C)CC1.O=[P+](O)O. The number of rotatable bonds is 2. The van der Waals surface area contributed by atoms with Crippen molar-refractivity contribution in [2.24, 2.45) is 11.8 Å². The second-order valence-electron chi connectivity index (χ2n) is 6.99. The molecule has 0 aromatic carbocycles. The maximum absolute atomic E-state index is 8.70. The average Bonchev–Trinajstić information content (AvgIpc) is 2.48. The number of hydrogen-bond donors (Lipinski definition) is 2. The summed E-state index contributed by atoms with van der Waals surface area (Å²) < 4.78 is 8.70. The molecule has 0 aliphatic heterocycles. The summed E-state index contributed by atoms with van der Waals surface area (Å²) in [6.07, 6.45) is 12.3. The smallest absolute Gasteiger partial charge is 0.134 e. The number of hydrogen-bond acceptors (Lipinski definition) is 1. The fraction of sp³-hybridized carbons (Fsp3) is 0.600. The van der Waals surface area contributed by atoms with Crippen LogP contribution in [-0.4, -0.2) is 9.79 Å². The van der Waals surface area contributed by atoms with E-state index in [1.807, 2.05) is 0 Å². The fourth-order valence-corrected chi connectivity index (χ4v) is 2.83. The van der Waals surface area contributed by atoms with E-state index in [9.17, 15) is 0 Å². The summed E-state index contributed by atoms with van der Waals surface area (Å²) in [6, 6.07) is 0. The fourth-order valence-electron chi connectivity index (χ4n) is 2.83. The molecule has 4 heteroatoms. The van der Waals surface area contributed by atoms with E-state index in [4.69, 9.17) is 14.4 Å². The Hall–Kier alpha value is -1.02. The first kappa shape index (κ1) is 23.0. The van der Waals surface area contributed by atoms with Crippen LogP contribution in [0.3, 0.4) is 0 Å². The predicted molar refractivity (Wildman–Crippen MR) is 104 cm³/mol. The monoisotopic (exact) mass is 353 g/mol. The van der Waals surface area contributed by atoms with Crippen molar-refractivity contribution < 1.29 is 14.4 Å². The van der Waals surface area contributed by atoms with Gasteiger partial charge in [-0.2, -0.15) is 0 Å². The lowest BCUT2D eigenvalue weighted by Gasteiger charge is -2.19. The van der Waals surface area contributed by atoms with Crippen molar-refractivity contribution in [2.75, 3.05) is 0 Å². The second kappa shape index (κ2) is 12.4. The molecule has 0 saturated heterocycles. The predicted octanol–water partition coefficient (Wildman–Crippen LogP) is 6.25. The lowest BCUT2D eigenvalue weighted by Crippen LogP contribution is -2.04. The molecule has 3 nitrogen and oxygen atoms in total. The zero-order valence-corrected chi connectivity index (χ0v) is 16.6. The second-order valence-corrected chi connectivity index (χ2v) is 7.49. The molecule has 0 bridgehead atoms. The Labute approximate surface area is 148 Å². The van der Waals surface area contributed by atoms with Crippen molar-refractivity contribution in [3.63, 3.8) is 0 Å². The third-order valence-corrected chi connectivity index (χ3v) is 4.67. The van der Waals surface area contributed by atoms with Gasteiger partial charge in [0.2, 0.25) is 0 Å². The molecule has 0 spiro atoms. The first-order valence-corrected chi connectivity index (χ1v) is 9.77. The van der Waals surface area contributed by atoms with Gasteiger partial charge in [0.15, 0.2) is 0 Å². The molecule has 2 aliphatic carbocycles. The van der Waals surface area contributed by atoms with Crippen molar-refractivity contribution in [1.29, 1.82) is 0 Å². The van der Waals surface area contributed by atoms with E-state index in [2.05, 4.69) is 53.0 Å². The standard InChI is InChI=1S/2C10H16.HO3P/c2*1-8(2)10-6-4-9(3)5-7-10;1-4(2)3/h2*4,10H,1,5-7H2,2-3H3;(H-,1,2,3)/p+1. The van der Waals surface area contributed by atoms with Gasteiger partial charge in [0.05, 0.1) is 0 Å². The summed E-state index contributed by atoms with van der Waals surface area (Å²) in [7, 11) is -2.87. The topological polar surface area (TPSA) is 57.5 Å². The van der Waals surface area contributed by atoms with E-state index < -0.39 is 8.25 Å². The summed E-state index contributed by atoms with van der Waals surface area (Å²) in [5, 5.41) is 0. The van der Waals surface area contributed by atoms with Gasteiger partial charge in [0.1, 0.15) is 0 Å². The third-order valence-electron chi connectivity index (χ3n) is 4.67. The molecule has 0 aromatic heterocycles. The van der Waals surface area contributed by atoms with E-state index >= 15 is 0 Å². The first-order chi connectivity index (χ1) is 11.1. The zero-order chi connectivity index (χ0) is 18.7. The van der Waals surface area contributed by atoms with E-state index in [0.29, 0.717) is 0 Å². The van der Waals surface area contributed by atoms with E-state index in [1.54, 1.807) is 11.1 Å². The van der Waals surface area contributed by atoms with Crippen molar-refractivity contribution >= 4 is 8.25 Å². The Morgan fingerprint density at radius 2 is 1.25 bits per heavy atom. The highest BCUT2D eigenvalue weighted by atomic mass is 31.1. The van der Waals surface area contributed by atoms with Crippen LogP contribution >= 0.6 is 8.25 Å². The van der Waals surface area contributed by atoms with E-state index in [0.717, 1.165) is 11.8 Å². The van der Waals surface area contributed by atoms with Gasteiger partial charge in [-0.15, -0.1) is 9.79 Å². The van der Waals surface area contributed by atoms with Gasteiger partial charge in [0.25, 0.3) is 0 Å². The minimum atomic E-state index is -2.87. The minimum absolute atomic E-state index is 0.767. The van der Waals surface area contributed by atoms with Crippen LogP contribution in [0.1, 0.15) is 66.2 Å². The van der Waals surface area contributed by atoms with E-state index in [1.165, 1.54) is 49.7 Å². The molecule has 0 fully saturated rings. The van der Waals surface area contributed by atoms with Crippen LogP contribution < -0.4 is 0 Å². The van der Waals surface area contributed by atoms with Crippen molar-refractivity contribution in [3.8, 4) is 0 Å². The Morgan fingerprint density at radius 3 is 1.42 bits per heavy atom. The zero-order valence-electron chi connectivity index (χ0n) is 15.7. The lowest BCUT2D eigenvalue weighted by molar-refractivity contribution is 0.405. The summed E-state index contributed by atoms with van der Waals surface area (Å²) in [4.78, 5) is 14.2. The van der Waals surface area contributed by atoms with Crippen LogP contribution in [0.25, 0.3) is 0 Å². The van der Waals surface area contributed by atoms with Gasteiger partial charge in [-0.25, -0.2) is 0 Å². The van der Waals surface area contributed by atoms with Crippen LogP contribution in [0.2, 0.25) is 0 Å². The van der Waals surface area contributed by atoms with E-state index in [-0.39, 0.29) is 0 Å². The lowest BCUT2D eigenvalue weighted by atomic mass is 9.86. The summed E-state index contributed by atoms with van der Waals surface area (Å²) in [5.41, 5.74) is 5.81. The van der Waals surface area contributed by atoms with Gasteiger partial charge in [0, 0.05) is 4.57 Å². The molecule has 0 amide bonds. The Kier molecular flexibility index (Phi) is 11.8. The summed E-state index contributed by atoms with van der Waals surface area (Å²) in [5.74, 6) is 1.53. The maximum Gasteiger partial charge on any atom is 0.692 e. The Balaban J connectivity index is 0.000000363. The van der Waals surface area contributed by atoms with Crippen LogP contribution in [0, 0.1) is 11.8 Å². The highest BCUT2D eigenvalue weighted by Crippen LogP contribution is 2.28. The van der Waals surface area contributed by atoms with Crippen molar-refractivity contribution in [1.82, 2.24) is 0 Å². The van der Waals surface area contributed by atoms with Crippen molar-refractivity contribution in [2.45, 2.75) is 66.2 Å². The van der Waals surface area contributed by atoms with Gasteiger partial charge in [-0.1, -0.05) is 47.6 Å². The molecule has 0 aromatic rings. The van der Waals surface area contributed by atoms with Gasteiger partial charge < -0.3 is 0 Å². The molecular weight excluding hydrogens is 319 g/mol. The third kappa shape index (κ3) is 11.5. The van der Waals surface area contributed by atoms with Crippen LogP contribution in [-0.2, 0) is 4.57 Å². The maximum atomic E-state index is 8.70. The molecule has 0 radical (unpaired) electrons. The minimum Gasteiger partial charge on any atom is -0.134 e. The van der Waals surface area contributed by atoms with Crippen molar-refractivity contribution in [3.05, 3.63) is 47.6 Å². The molecule has 136 valence electrons.